The van der Waals surface area contributed by atoms with E-state index < -0.39 is 0 Å². The minimum Gasteiger partial charge on any atom is -0.577 e. The number of hydrogen-bond donors (Lipinski definition) is 0. The first-order valence-electron chi connectivity index (χ1n) is 9.24. The van der Waals surface area contributed by atoms with Crippen LogP contribution in [0.15, 0.2) is 86.3 Å². The van der Waals surface area contributed by atoms with Gasteiger partial charge in [0, 0.05) is 38.0 Å². The minimum atomic E-state index is -0.194. The fourth-order valence-corrected chi connectivity index (χ4v) is 2.48. The molecule has 31 heavy (non-hydrogen) atoms. The molecule has 1 aliphatic carbocycles. The Balaban J connectivity index is 0.000000266. The molecule has 0 bridgehead atoms. The van der Waals surface area contributed by atoms with Crippen LogP contribution >= 0.6 is 0 Å². The van der Waals surface area contributed by atoms with Crippen LogP contribution in [0.1, 0.15) is 12.8 Å². The zero-order valence-electron chi connectivity index (χ0n) is 17.1. The van der Waals surface area contributed by atoms with Crippen molar-refractivity contribution in [3.05, 3.63) is 110 Å². The average molecular weight is 500 g/mol. The normalized spacial score (nSPS) is 11.7. The number of hydrogen-bond acceptors (Lipinski definition) is 5. The molecule has 4 aromatic heterocycles. The summed E-state index contributed by atoms with van der Waals surface area (Å²) in [6.07, 6.45) is 27.2. The Morgan fingerprint density at radius 2 is 1.35 bits per heavy atom. The summed E-state index contributed by atoms with van der Waals surface area (Å²) in [6.45, 7) is 0. The van der Waals surface area contributed by atoms with Crippen LogP contribution in [-0.4, -0.2) is 45.7 Å². The van der Waals surface area contributed by atoms with Crippen molar-refractivity contribution < 1.29 is 21.1 Å². The van der Waals surface area contributed by atoms with Crippen molar-refractivity contribution in [2.45, 2.75) is 12.8 Å². The molecule has 1 aliphatic rings. The maximum absolute atomic E-state index is 7.25. The van der Waals surface area contributed by atoms with Crippen molar-refractivity contribution >= 4 is 7.12 Å². The van der Waals surface area contributed by atoms with E-state index in [1.54, 1.807) is 44.9 Å². The van der Waals surface area contributed by atoms with Gasteiger partial charge in [-0.2, -0.15) is 0 Å². The molecule has 12 heteroatoms. The summed E-state index contributed by atoms with van der Waals surface area (Å²) in [4.78, 5) is 11.0. The zero-order chi connectivity index (χ0) is 21.4. The molecule has 0 aliphatic heterocycles. The van der Waals surface area contributed by atoms with Gasteiger partial charge < -0.3 is 28.8 Å². The quantitative estimate of drug-likeness (QED) is 0.402. The van der Waals surface area contributed by atoms with Crippen LogP contribution in [0.4, 0.5) is 0 Å². The van der Waals surface area contributed by atoms with Gasteiger partial charge >= 0.3 is 21.1 Å². The fraction of sp³-hybridized carbons (Fsp3) is 0.158. The molecule has 0 saturated heterocycles. The molecule has 159 valence electrons. The largest absolute Gasteiger partial charge is 2.00 e. The number of nitrogens with zero attached hydrogens (tertiary/aromatic N) is 9. The van der Waals surface area contributed by atoms with Gasteiger partial charge in [0.25, 0.3) is 7.12 Å². The van der Waals surface area contributed by atoms with Crippen LogP contribution in [0.2, 0.25) is 0 Å². The number of aromatic nitrogens is 8. The van der Waals surface area contributed by atoms with E-state index in [-0.39, 0.29) is 28.2 Å². The van der Waals surface area contributed by atoms with Gasteiger partial charge in [-0.1, -0.05) is 12.2 Å². The summed E-state index contributed by atoms with van der Waals surface area (Å²) < 4.78 is 7.26. The van der Waals surface area contributed by atoms with Gasteiger partial charge in [0.15, 0.2) is 0 Å². The molecule has 0 saturated carbocycles. The van der Waals surface area contributed by atoms with Gasteiger partial charge in [-0.25, -0.2) is 20.3 Å². The zero-order valence-corrected chi connectivity index (χ0v) is 19.1. The number of aryl methyl sites for hydroxylation is 1. The molecular formula is C19H23BMoN9O. The van der Waals surface area contributed by atoms with Crippen LogP contribution in [0, 0.1) is 17.7 Å². The van der Waals surface area contributed by atoms with E-state index in [9.17, 15) is 0 Å². The predicted molar refractivity (Wildman–Crippen MR) is 116 cm³/mol. The van der Waals surface area contributed by atoms with Crippen molar-refractivity contribution in [2.24, 2.45) is 7.05 Å². The molecule has 10 nitrogen and oxygen atoms in total. The second-order valence-corrected chi connectivity index (χ2v) is 5.97. The standard InChI is InChI=1S/C9H9BN6.C6H8.C4H6N2.Mo.NO/c1-4-11-14(7-1)10(15-8-2-5-12-15)16-9-3-6-13-16;1-2-4-6-5-3-1;1-6-3-2-5-4-6;;1-2/h1-9H;1-4H,5-6H2;2-4H,1H3;;/q-1;;;+2;-1. The van der Waals surface area contributed by atoms with E-state index in [1.807, 2.05) is 54.6 Å². The van der Waals surface area contributed by atoms with Crippen LogP contribution in [0.5, 0.6) is 0 Å². The molecule has 0 spiro atoms. The van der Waals surface area contributed by atoms with E-state index in [2.05, 4.69) is 45.3 Å². The molecule has 5 rings (SSSR count). The van der Waals surface area contributed by atoms with Gasteiger partial charge in [0.2, 0.25) is 0 Å². The molecule has 0 unspecified atom stereocenters. The maximum atomic E-state index is 7.25. The fourth-order valence-electron chi connectivity index (χ4n) is 2.48. The second kappa shape index (κ2) is 15.7. The smallest absolute Gasteiger partial charge is 0.577 e. The molecule has 4 aromatic rings. The third-order valence-corrected chi connectivity index (χ3v) is 3.80. The number of allylic oxidation sites excluding steroid dienone is 2. The molecular weight excluding hydrogens is 477 g/mol. The van der Waals surface area contributed by atoms with Gasteiger partial charge in [-0.3, -0.25) is 0 Å². The second-order valence-electron chi connectivity index (χ2n) is 5.97. The monoisotopic (exact) mass is 502 g/mol. The molecule has 0 fully saturated rings. The molecule has 0 N–H and O–H groups in total. The predicted octanol–water partition coefficient (Wildman–Crippen LogP) is 2.69. The number of imidazole rings is 1. The van der Waals surface area contributed by atoms with Crippen LogP contribution in [0.3, 0.4) is 0 Å². The van der Waals surface area contributed by atoms with Crippen molar-refractivity contribution in [1.82, 2.24) is 38.6 Å². The van der Waals surface area contributed by atoms with Crippen LogP contribution < -0.4 is 0 Å². The average Bonchev–Trinajstić information content (AvgIpc) is 3.61. The summed E-state index contributed by atoms with van der Waals surface area (Å²) in [5.74, 6) is 0. The van der Waals surface area contributed by atoms with Gasteiger partial charge in [0.05, 0.1) is 6.33 Å². The van der Waals surface area contributed by atoms with Crippen molar-refractivity contribution in [3.63, 3.8) is 0 Å². The third kappa shape index (κ3) is 9.08. The Morgan fingerprint density at radius 3 is 1.55 bits per heavy atom. The minimum absolute atomic E-state index is 0. The first kappa shape index (κ1) is 26.0. The van der Waals surface area contributed by atoms with Gasteiger partial charge in [-0.15, -0.1) is 0 Å². The van der Waals surface area contributed by atoms with E-state index in [0.29, 0.717) is 0 Å². The van der Waals surface area contributed by atoms with Crippen molar-refractivity contribution in [3.8, 4) is 0 Å². The molecule has 0 amide bonds. The van der Waals surface area contributed by atoms with E-state index >= 15 is 0 Å². The summed E-state index contributed by atoms with van der Waals surface area (Å²) >= 11 is 0. The SMILES string of the molecule is Cn1ccnc1.[CH]1[CH]CCC=C1.[Mo+2].[N-]=O.c1cnn([B-](n2cccn2)n2cccn2)c1. The van der Waals surface area contributed by atoms with Gasteiger partial charge in [-0.05, 0) is 62.5 Å². The summed E-state index contributed by atoms with van der Waals surface area (Å²) in [7, 11) is 1.74. The Labute approximate surface area is 196 Å². The molecule has 3 radical (unpaired) electrons. The van der Waals surface area contributed by atoms with E-state index in [4.69, 9.17) is 10.5 Å². The molecule has 0 atom stereocenters. The van der Waals surface area contributed by atoms with Crippen molar-refractivity contribution in [1.29, 1.82) is 0 Å². The Hall–Kier alpha value is -3.07. The topological polar surface area (TPSA) is 111 Å². The Bertz CT molecular complexity index is 821. The van der Waals surface area contributed by atoms with E-state index in [1.165, 1.54) is 12.8 Å². The van der Waals surface area contributed by atoms with Crippen LogP contribution in [-0.2, 0) is 28.1 Å². The Kier molecular flexibility index (Phi) is 13.2. The summed E-state index contributed by atoms with van der Waals surface area (Å²) in [5, 5.41) is 12.7. The number of nitroso groups, excluding NO2 is 1. The third-order valence-electron chi connectivity index (χ3n) is 3.80. The molecule has 0 aromatic carbocycles. The van der Waals surface area contributed by atoms with E-state index in [0.717, 1.165) is 0 Å². The summed E-state index contributed by atoms with van der Waals surface area (Å²) in [6, 6.07) is 5.62. The maximum Gasteiger partial charge on any atom is 2.00 e. The summed E-state index contributed by atoms with van der Waals surface area (Å²) in [5.41, 5.74) is 5.75. The first-order chi connectivity index (χ1) is 14.8. The van der Waals surface area contributed by atoms with Crippen molar-refractivity contribution in [2.75, 3.05) is 0 Å². The van der Waals surface area contributed by atoms with Gasteiger partial charge in [0.1, 0.15) is 0 Å². The number of rotatable bonds is 3. The molecule has 4 heterocycles. The first-order valence-corrected chi connectivity index (χ1v) is 9.24. The Morgan fingerprint density at radius 1 is 0.806 bits per heavy atom. The van der Waals surface area contributed by atoms with Crippen LogP contribution in [0.25, 0.3) is 5.59 Å².